The third-order valence-corrected chi connectivity index (χ3v) is 3.31. The van der Waals surface area contributed by atoms with Gasteiger partial charge >= 0.3 is 0 Å². The number of rotatable bonds is 2. The van der Waals surface area contributed by atoms with Crippen molar-refractivity contribution in [2.45, 2.75) is 18.6 Å². The summed E-state index contributed by atoms with van der Waals surface area (Å²) < 4.78 is 5.19. The van der Waals surface area contributed by atoms with E-state index in [1.54, 1.807) is 11.3 Å². The minimum Gasteiger partial charge on any atom is -0.392 e. The summed E-state index contributed by atoms with van der Waals surface area (Å²) in [6, 6.07) is 1.94. The fourth-order valence-electron chi connectivity index (χ4n) is 1.79. The highest BCUT2D eigenvalue weighted by Gasteiger charge is 2.28. The fraction of sp³-hybridized carbons (Fsp3) is 0.400. The highest BCUT2D eigenvalue weighted by Crippen LogP contribution is 2.25. The Labute approximate surface area is 96.1 Å². The fourth-order valence-corrected chi connectivity index (χ4v) is 2.43. The van der Waals surface area contributed by atoms with E-state index in [4.69, 9.17) is 4.52 Å². The van der Waals surface area contributed by atoms with Crippen LogP contribution in [0.1, 0.15) is 18.4 Å². The molecule has 2 aromatic heterocycles. The van der Waals surface area contributed by atoms with Crippen molar-refractivity contribution >= 4 is 11.3 Å². The molecule has 1 aliphatic heterocycles. The van der Waals surface area contributed by atoms with Crippen molar-refractivity contribution in [3.8, 4) is 11.4 Å². The van der Waals surface area contributed by atoms with Crippen LogP contribution in [-0.4, -0.2) is 27.9 Å². The first-order valence-electron chi connectivity index (χ1n) is 5.10. The highest BCUT2D eigenvalue weighted by molar-refractivity contribution is 7.08. The molecule has 0 amide bonds. The molecule has 84 valence electrons. The second-order valence-corrected chi connectivity index (χ2v) is 4.60. The van der Waals surface area contributed by atoms with E-state index in [1.807, 2.05) is 16.8 Å². The first kappa shape index (κ1) is 9.95. The zero-order chi connectivity index (χ0) is 11.0. The largest absolute Gasteiger partial charge is 0.392 e. The van der Waals surface area contributed by atoms with Gasteiger partial charge in [0.15, 0.2) is 0 Å². The summed E-state index contributed by atoms with van der Waals surface area (Å²) in [6.07, 6.45) is 0.312. The van der Waals surface area contributed by atoms with Crippen LogP contribution >= 0.6 is 11.3 Å². The topological polar surface area (TPSA) is 71.2 Å². The molecule has 1 saturated heterocycles. The van der Waals surface area contributed by atoms with Gasteiger partial charge in [-0.2, -0.15) is 16.3 Å². The number of thiophene rings is 1. The Bertz CT molecular complexity index is 468. The zero-order valence-electron chi connectivity index (χ0n) is 8.46. The minimum atomic E-state index is -0.318. The maximum atomic E-state index is 9.40. The molecule has 0 radical (unpaired) electrons. The molecule has 0 saturated carbocycles. The predicted octanol–water partition coefficient (Wildman–Crippen LogP) is 1.19. The van der Waals surface area contributed by atoms with Crippen LogP contribution in [0.4, 0.5) is 0 Å². The summed E-state index contributed by atoms with van der Waals surface area (Å²) in [5.41, 5.74) is 0.971. The Kier molecular flexibility index (Phi) is 2.47. The van der Waals surface area contributed by atoms with Gasteiger partial charge in [-0.15, -0.1) is 0 Å². The maximum Gasteiger partial charge on any atom is 0.244 e. The number of hydrogen-bond donors (Lipinski definition) is 2. The first-order valence-corrected chi connectivity index (χ1v) is 6.05. The van der Waals surface area contributed by atoms with Gasteiger partial charge in [0.05, 0.1) is 12.1 Å². The van der Waals surface area contributed by atoms with E-state index < -0.39 is 0 Å². The summed E-state index contributed by atoms with van der Waals surface area (Å²) in [5, 5.41) is 20.4. The lowest BCUT2D eigenvalue weighted by molar-refractivity contribution is 0.191. The highest BCUT2D eigenvalue weighted by atomic mass is 32.1. The minimum absolute atomic E-state index is 0.0186. The molecule has 0 unspecified atom stereocenters. The molecule has 0 aliphatic carbocycles. The van der Waals surface area contributed by atoms with Crippen LogP contribution in [0.5, 0.6) is 0 Å². The molecule has 16 heavy (non-hydrogen) atoms. The average Bonchev–Trinajstić information content (AvgIpc) is 2.97. The molecule has 0 aromatic carbocycles. The molecule has 5 nitrogen and oxygen atoms in total. The summed E-state index contributed by atoms with van der Waals surface area (Å²) in [6.45, 7) is 0.584. The number of β-amino-alcohol motifs (C(OH)–C–C–N with tert-alkyl or cyclic N) is 1. The molecule has 0 bridgehead atoms. The van der Waals surface area contributed by atoms with Crippen molar-refractivity contribution < 1.29 is 9.63 Å². The number of aliphatic hydroxyl groups is 1. The summed E-state index contributed by atoms with van der Waals surface area (Å²) in [5.74, 6) is 1.16. The van der Waals surface area contributed by atoms with E-state index in [9.17, 15) is 5.11 Å². The number of aliphatic hydroxyl groups excluding tert-OH is 1. The number of nitrogens with one attached hydrogen (secondary N) is 1. The second-order valence-electron chi connectivity index (χ2n) is 3.82. The maximum absolute atomic E-state index is 9.40. The van der Waals surface area contributed by atoms with E-state index in [0.29, 0.717) is 24.7 Å². The van der Waals surface area contributed by atoms with Gasteiger partial charge in [-0.25, -0.2) is 0 Å². The van der Waals surface area contributed by atoms with Gasteiger partial charge in [0.1, 0.15) is 0 Å². The van der Waals surface area contributed by atoms with Gasteiger partial charge in [0.2, 0.25) is 11.7 Å². The molecular weight excluding hydrogens is 226 g/mol. The Balaban J connectivity index is 1.83. The van der Waals surface area contributed by atoms with Crippen LogP contribution in [0.15, 0.2) is 21.3 Å². The van der Waals surface area contributed by atoms with Gasteiger partial charge in [-0.3, -0.25) is 0 Å². The van der Waals surface area contributed by atoms with Crippen LogP contribution in [0.2, 0.25) is 0 Å². The van der Waals surface area contributed by atoms with E-state index in [1.165, 1.54) is 0 Å². The van der Waals surface area contributed by atoms with E-state index in [2.05, 4.69) is 15.5 Å². The molecule has 1 fully saturated rings. The van der Waals surface area contributed by atoms with Gasteiger partial charge in [0, 0.05) is 17.5 Å². The molecule has 3 heterocycles. The molecule has 3 rings (SSSR count). The molecular formula is C10H11N3O2S. The lowest BCUT2D eigenvalue weighted by atomic mass is 10.2. The van der Waals surface area contributed by atoms with Gasteiger partial charge < -0.3 is 14.9 Å². The SMILES string of the molecule is O[C@@H]1CN[C@@H](c2nc(-c3ccsc3)no2)C1. The van der Waals surface area contributed by atoms with Crippen molar-refractivity contribution in [3.63, 3.8) is 0 Å². The van der Waals surface area contributed by atoms with Crippen LogP contribution in [0.3, 0.4) is 0 Å². The normalized spacial score (nSPS) is 25.1. The van der Waals surface area contributed by atoms with Crippen LogP contribution in [0.25, 0.3) is 11.4 Å². The second kappa shape index (κ2) is 3.97. The molecule has 2 N–H and O–H groups in total. The summed E-state index contributed by atoms with van der Waals surface area (Å²) >= 11 is 1.60. The van der Waals surface area contributed by atoms with Gasteiger partial charge in [-0.1, -0.05) is 5.16 Å². The number of nitrogens with zero attached hydrogens (tertiary/aromatic N) is 2. The van der Waals surface area contributed by atoms with E-state index >= 15 is 0 Å². The monoisotopic (exact) mass is 237 g/mol. The van der Waals surface area contributed by atoms with Gasteiger partial charge in [0.25, 0.3) is 0 Å². The lowest BCUT2D eigenvalue weighted by Gasteiger charge is -2.01. The molecule has 2 aromatic rings. The van der Waals surface area contributed by atoms with Crippen molar-refractivity contribution in [2.24, 2.45) is 0 Å². The molecule has 1 aliphatic rings. The lowest BCUT2D eigenvalue weighted by Crippen LogP contribution is -2.15. The molecule has 2 atom stereocenters. The number of hydrogen-bond acceptors (Lipinski definition) is 6. The van der Waals surface area contributed by atoms with Crippen molar-refractivity contribution in [1.82, 2.24) is 15.5 Å². The van der Waals surface area contributed by atoms with Crippen molar-refractivity contribution in [2.75, 3.05) is 6.54 Å². The van der Waals surface area contributed by atoms with Crippen molar-refractivity contribution in [1.29, 1.82) is 0 Å². The van der Waals surface area contributed by atoms with Crippen molar-refractivity contribution in [3.05, 3.63) is 22.7 Å². The molecule has 6 heteroatoms. The average molecular weight is 237 g/mol. The Morgan fingerprint density at radius 1 is 1.56 bits per heavy atom. The zero-order valence-corrected chi connectivity index (χ0v) is 9.28. The Morgan fingerprint density at radius 3 is 3.19 bits per heavy atom. The van der Waals surface area contributed by atoms with E-state index in [0.717, 1.165) is 5.56 Å². The Hall–Kier alpha value is -1.24. The number of aromatic nitrogens is 2. The summed E-state index contributed by atoms with van der Waals surface area (Å²) in [7, 11) is 0. The predicted molar refractivity (Wildman–Crippen MR) is 59.0 cm³/mol. The quantitative estimate of drug-likeness (QED) is 0.821. The third kappa shape index (κ3) is 1.75. The third-order valence-electron chi connectivity index (χ3n) is 2.63. The molecule has 0 spiro atoms. The van der Waals surface area contributed by atoms with Crippen LogP contribution in [0, 0.1) is 0 Å². The van der Waals surface area contributed by atoms with Crippen LogP contribution in [-0.2, 0) is 0 Å². The first-order chi connectivity index (χ1) is 7.83. The van der Waals surface area contributed by atoms with Gasteiger partial charge in [-0.05, 0) is 17.9 Å². The standard InChI is InChI=1S/C10H11N3O2S/c14-7-3-8(11-4-7)10-12-9(13-15-10)6-1-2-16-5-6/h1-2,5,7-8,11,14H,3-4H2/t7-,8+/m0/s1. The summed E-state index contributed by atoms with van der Waals surface area (Å²) in [4.78, 5) is 4.32. The van der Waals surface area contributed by atoms with Crippen LogP contribution < -0.4 is 5.32 Å². The smallest absolute Gasteiger partial charge is 0.244 e. The van der Waals surface area contributed by atoms with E-state index in [-0.39, 0.29) is 12.1 Å². The Morgan fingerprint density at radius 2 is 2.50 bits per heavy atom.